The summed E-state index contributed by atoms with van der Waals surface area (Å²) in [7, 11) is 0. The SMILES string of the molecule is O=C1NCCC1CNC(=O)C1CCCCN1C(=O)OCc1ccccc1. The Morgan fingerprint density at radius 3 is 2.73 bits per heavy atom. The zero-order valence-electron chi connectivity index (χ0n) is 14.8. The number of carbonyl (C=O) groups excluding carboxylic acids is 3. The van der Waals surface area contributed by atoms with Gasteiger partial charge in [0.1, 0.15) is 12.6 Å². The van der Waals surface area contributed by atoms with Crippen molar-refractivity contribution in [3.8, 4) is 0 Å². The molecule has 1 aromatic rings. The number of ether oxygens (including phenoxy) is 1. The third-order valence-corrected chi connectivity index (χ3v) is 4.93. The van der Waals surface area contributed by atoms with E-state index in [1.807, 2.05) is 30.3 Å². The van der Waals surface area contributed by atoms with Crippen LogP contribution in [0.15, 0.2) is 30.3 Å². The number of rotatable bonds is 5. The van der Waals surface area contributed by atoms with Gasteiger partial charge in [0.2, 0.25) is 11.8 Å². The number of amides is 3. The number of hydrogen-bond acceptors (Lipinski definition) is 4. The minimum atomic E-state index is -0.531. The summed E-state index contributed by atoms with van der Waals surface area (Å²) >= 11 is 0. The van der Waals surface area contributed by atoms with Crippen molar-refractivity contribution >= 4 is 17.9 Å². The van der Waals surface area contributed by atoms with Crippen molar-refractivity contribution in [1.82, 2.24) is 15.5 Å². The first kappa shape index (κ1) is 18.2. The van der Waals surface area contributed by atoms with Crippen molar-refractivity contribution in [3.63, 3.8) is 0 Å². The summed E-state index contributed by atoms with van der Waals surface area (Å²) in [6.07, 6.45) is 2.63. The van der Waals surface area contributed by atoms with Gasteiger partial charge in [-0.15, -0.1) is 0 Å². The first-order chi connectivity index (χ1) is 12.6. The number of piperidine rings is 1. The standard InChI is InChI=1S/C19H25N3O4/c23-17-15(9-10-20-17)12-21-18(24)16-8-4-5-11-22(16)19(25)26-13-14-6-2-1-3-7-14/h1-3,6-7,15-16H,4-5,8-13H2,(H,20,23)(H,21,24). The van der Waals surface area contributed by atoms with Gasteiger partial charge in [0, 0.05) is 19.6 Å². The highest BCUT2D eigenvalue weighted by atomic mass is 16.6. The fourth-order valence-electron chi connectivity index (χ4n) is 3.41. The van der Waals surface area contributed by atoms with Crippen molar-refractivity contribution in [1.29, 1.82) is 0 Å². The van der Waals surface area contributed by atoms with Gasteiger partial charge in [-0.3, -0.25) is 14.5 Å². The average molecular weight is 359 g/mol. The fourth-order valence-corrected chi connectivity index (χ4v) is 3.41. The van der Waals surface area contributed by atoms with Crippen molar-refractivity contribution in [2.24, 2.45) is 5.92 Å². The molecule has 26 heavy (non-hydrogen) atoms. The summed E-state index contributed by atoms with van der Waals surface area (Å²) in [6.45, 7) is 1.66. The van der Waals surface area contributed by atoms with Crippen molar-refractivity contribution in [3.05, 3.63) is 35.9 Å². The molecule has 1 aromatic carbocycles. The van der Waals surface area contributed by atoms with Crippen LogP contribution in [0.25, 0.3) is 0 Å². The second-order valence-electron chi connectivity index (χ2n) is 6.77. The van der Waals surface area contributed by atoms with E-state index < -0.39 is 12.1 Å². The molecule has 7 nitrogen and oxygen atoms in total. The Kier molecular flexibility index (Phi) is 6.09. The molecule has 140 valence electrons. The van der Waals surface area contributed by atoms with Gasteiger partial charge in [-0.1, -0.05) is 30.3 Å². The lowest BCUT2D eigenvalue weighted by atomic mass is 10.0. The molecule has 3 amide bonds. The zero-order chi connectivity index (χ0) is 18.4. The van der Waals surface area contributed by atoms with E-state index in [0.29, 0.717) is 26.1 Å². The molecule has 0 spiro atoms. The van der Waals surface area contributed by atoms with Gasteiger partial charge in [-0.2, -0.15) is 0 Å². The molecule has 0 aromatic heterocycles. The molecule has 2 aliphatic rings. The number of benzene rings is 1. The lowest BCUT2D eigenvalue weighted by Crippen LogP contribution is -2.52. The summed E-state index contributed by atoms with van der Waals surface area (Å²) in [5, 5.41) is 5.59. The van der Waals surface area contributed by atoms with E-state index in [9.17, 15) is 14.4 Å². The highest BCUT2D eigenvalue weighted by Crippen LogP contribution is 2.19. The second-order valence-corrected chi connectivity index (χ2v) is 6.77. The van der Waals surface area contributed by atoms with E-state index in [2.05, 4.69) is 10.6 Å². The molecule has 2 saturated heterocycles. The topological polar surface area (TPSA) is 87.7 Å². The van der Waals surface area contributed by atoms with Gasteiger partial charge in [0.15, 0.2) is 0 Å². The Hall–Kier alpha value is -2.57. The molecular weight excluding hydrogens is 334 g/mol. The molecule has 0 radical (unpaired) electrons. The van der Waals surface area contributed by atoms with Crippen LogP contribution in [0.5, 0.6) is 0 Å². The van der Waals surface area contributed by atoms with Gasteiger partial charge >= 0.3 is 6.09 Å². The van der Waals surface area contributed by atoms with E-state index in [0.717, 1.165) is 24.8 Å². The highest BCUT2D eigenvalue weighted by molar-refractivity contribution is 5.87. The molecule has 2 atom stereocenters. The van der Waals surface area contributed by atoms with Crippen LogP contribution in [0.4, 0.5) is 4.79 Å². The van der Waals surface area contributed by atoms with Crippen molar-refractivity contribution < 1.29 is 19.1 Å². The first-order valence-electron chi connectivity index (χ1n) is 9.18. The van der Waals surface area contributed by atoms with Gasteiger partial charge in [0.25, 0.3) is 0 Å². The normalized spacial score (nSPS) is 22.6. The molecule has 2 aliphatic heterocycles. The summed E-state index contributed by atoms with van der Waals surface area (Å²) in [5.41, 5.74) is 0.908. The van der Waals surface area contributed by atoms with Gasteiger partial charge in [0.05, 0.1) is 5.92 Å². The summed E-state index contributed by atoms with van der Waals surface area (Å²) < 4.78 is 5.39. The molecule has 7 heteroatoms. The summed E-state index contributed by atoms with van der Waals surface area (Å²) in [6, 6.07) is 8.93. The first-order valence-corrected chi connectivity index (χ1v) is 9.18. The Morgan fingerprint density at radius 1 is 1.19 bits per heavy atom. The Bertz CT molecular complexity index is 649. The number of likely N-dealkylation sites (tertiary alicyclic amines) is 1. The number of hydrogen-bond donors (Lipinski definition) is 2. The van der Waals surface area contributed by atoms with Crippen LogP contribution < -0.4 is 10.6 Å². The monoisotopic (exact) mass is 359 g/mol. The molecule has 0 aliphatic carbocycles. The van der Waals surface area contributed by atoms with E-state index in [1.165, 1.54) is 4.90 Å². The molecule has 2 unspecified atom stereocenters. The van der Waals surface area contributed by atoms with Crippen LogP contribution in [0, 0.1) is 5.92 Å². The minimum absolute atomic E-state index is 0.0203. The molecule has 2 fully saturated rings. The Morgan fingerprint density at radius 2 is 2.00 bits per heavy atom. The van der Waals surface area contributed by atoms with E-state index in [1.54, 1.807) is 0 Å². The lowest BCUT2D eigenvalue weighted by molar-refractivity contribution is -0.127. The largest absolute Gasteiger partial charge is 0.445 e. The van der Waals surface area contributed by atoms with Crippen molar-refractivity contribution in [2.45, 2.75) is 38.3 Å². The quantitative estimate of drug-likeness (QED) is 0.833. The van der Waals surface area contributed by atoms with Crippen molar-refractivity contribution in [2.75, 3.05) is 19.6 Å². The van der Waals surface area contributed by atoms with E-state index >= 15 is 0 Å². The van der Waals surface area contributed by atoms with Crippen LogP contribution in [-0.4, -0.2) is 48.5 Å². The highest BCUT2D eigenvalue weighted by Gasteiger charge is 2.34. The number of nitrogens with zero attached hydrogens (tertiary/aromatic N) is 1. The summed E-state index contributed by atoms with van der Waals surface area (Å²) in [5.74, 6) is -0.407. The average Bonchev–Trinajstić information content (AvgIpc) is 3.10. The van der Waals surface area contributed by atoms with Crippen LogP contribution in [0.3, 0.4) is 0 Å². The molecular formula is C19H25N3O4. The minimum Gasteiger partial charge on any atom is -0.445 e. The van der Waals surface area contributed by atoms with Gasteiger partial charge in [-0.05, 0) is 31.2 Å². The maximum Gasteiger partial charge on any atom is 0.410 e. The molecule has 0 saturated carbocycles. The Balaban J connectivity index is 1.53. The molecule has 2 heterocycles. The van der Waals surface area contributed by atoms with Crippen LogP contribution in [-0.2, 0) is 20.9 Å². The number of carbonyl (C=O) groups is 3. The van der Waals surface area contributed by atoms with E-state index in [4.69, 9.17) is 4.74 Å². The van der Waals surface area contributed by atoms with Crippen LogP contribution >= 0.6 is 0 Å². The van der Waals surface area contributed by atoms with Gasteiger partial charge < -0.3 is 15.4 Å². The Labute approximate surface area is 153 Å². The predicted octanol–water partition coefficient (Wildman–Crippen LogP) is 1.43. The zero-order valence-corrected chi connectivity index (χ0v) is 14.8. The number of nitrogens with one attached hydrogen (secondary N) is 2. The van der Waals surface area contributed by atoms with E-state index in [-0.39, 0.29) is 24.3 Å². The predicted molar refractivity (Wildman–Crippen MR) is 95.1 cm³/mol. The smallest absolute Gasteiger partial charge is 0.410 e. The molecule has 2 N–H and O–H groups in total. The van der Waals surface area contributed by atoms with Crippen LogP contribution in [0.2, 0.25) is 0 Å². The fraction of sp³-hybridized carbons (Fsp3) is 0.526. The third kappa shape index (κ3) is 4.53. The summed E-state index contributed by atoms with van der Waals surface area (Å²) in [4.78, 5) is 38.1. The maximum atomic E-state index is 12.6. The molecule has 0 bridgehead atoms. The third-order valence-electron chi connectivity index (χ3n) is 4.93. The maximum absolute atomic E-state index is 12.6. The van der Waals surface area contributed by atoms with Crippen LogP contribution in [0.1, 0.15) is 31.2 Å². The molecule has 3 rings (SSSR count). The lowest BCUT2D eigenvalue weighted by Gasteiger charge is -2.34. The second kappa shape index (κ2) is 8.69. The van der Waals surface area contributed by atoms with Gasteiger partial charge in [-0.25, -0.2) is 4.79 Å².